The van der Waals surface area contributed by atoms with E-state index in [2.05, 4.69) is 20.4 Å². The van der Waals surface area contributed by atoms with Gasteiger partial charge in [-0.1, -0.05) is 60.3 Å². The number of hydrogen-bond donors (Lipinski definition) is 1. The number of H-pyrrole nitrogens is 1. The van der Waals surface area contributed by atoms with Crippen LogP contribution in [-0.4, -0.2) is 29.5 Å². The van der Waals surface area contributed by atoms with Gasteiger partial charge in [-0.15, -0.1) is 10.2 Å². The Kier molecular flexibility index (Phi) is 5.66. The van der Waals surface area contributed by atoms with Crippen LogP contribution in [0.15, 0.2) is 90.1 Å². The fraction of sp³-hybridized carbons (Fsp3) is 0.0435. The van der Waals surface area contributed by atoms with Gasteiger partial charge < -0.3 is 0 Å². The van der Waals surface area contributed by atoms with Crippen LogP contribution in [0, 0.1) is 10.6 Å². The smallest absolute Gasteiger partial charge is 0.199 e. The van der Waals surface area contributed by atoms with Crippen molar-refractivity contribution in [2.24, 2.45) is 0 Å². The van der Waals surface area contributed by atoms with Crippen molar-refractivity contribution >= 4 is 24.0 Å². The van der Waals surface area contributed by atoms with Gasteiger partial charge in [0, 0.05) is 16.9 Å². The summed E-state index contributed by atoms with van der Waals surface area (Å²) in [6, 6.07) is 26.1. The summed E-state index contributed by atoms with van der Waals surface area (Å²) in [5.74, 6) is 1.65. The number of nitrogens with zero attached hydrogens (tertiary/aromatic N) is 5. The van der Waals surface area contributed by atoms with Gasteiger partial charge in [-0.05, 0) is 48.6 Å². The molecule has 0 aliphatic carbocycles. The Morgan fingerprint density at radius 2 is 1.47 bits per heavy atom. The van der Waals surface area contributed by atoms with Gasteiger partial charge in [-0.2, -0.15) is 5.10 Å². The number of thioether (sulfide) groups is 1. The minimum Gasteiger partial charge on any atom is -0.271 e. The van der Waals surface area contributed by atoms with Crippen molar-refractivity contribution in [3.05, 3.63) is 101 Å². The number of halogens is 1. The average Bonchev–Trinajstić information content (AvgIpc) is 3.43. The van der Waals surface area contributed by atoms with Crippen LogP contribution in [0.25, 0.3) is 22.8 Å². The van der Waals surface area contributed by atoms with Crippen LogP contribution in [0.4, 0.5) is 4.39 Å². The molecule has 1 N–H and O–H groups in total. The highest BCUT2D eigenvalue weighted by Gasteiger charge is 2.17. The fourth-order valence-electron chi connectivity index (χ4n) is 3.36. The maximum Gasteiger partial charge on any atom is 0.199 e. The molecule has 0 fully saturated rings. The minimum atomic E-state index is -0.302. The summed E-state index contributed by atoms with van der Waals surface area (Å²) >= 11 is 6.90. The number of aromatic amines is 1. The zero-order valence-electron chi connectivity index (χ0n) is 16.7. The van der Waals surface area contributed by atoms with E-state index in [4.69, 9.17) is 12.2 Å². The van der Waals surface area contributed by atoms with E-state index in [0.717, 1.165) is 27.9 Å². The molecule has 0 amide bonds. The molecule has 158 valence electrons. The van der Waals surface area contributed by atoms with Crippen LogP contribution in [0.2, 0.25) is 0 Å². The summed E-state index contributed by atoms with van der Waals surface area (Å²) in [6.45, 7) is 0. The molecule has 0 bridgehead atoms. The van der Waals surface area contributed by atoms with Gasteiger partial charge in [-0.25, -0.2) is 4.39 Å². The third-order valence-electron chi connectivity index (χ3n) is 4.84. The molecule has 0 unspecified atom stereocenters. The van der Waals surface area contributed by atoms with Crippen LogP contribution < -0.4 is 0 Å². The molecule has 0 aliphatic heterocycles. The van der Waals surface area contributed by atoms with Gasteiger partial charge in [0.1, 0.15) is 11.6 Å². The maximum absolute atomic E-state index is 13.4. The van der Waals surface area contributed by atoms with Crippen molar-refractivity contribution in [3.63, 3.8) is 0 Å². The normalized spacial score (nSPS) is 11.0. The summed E-state index contributed by atoms with van der Waals surface area (Å²) in [5.41, 5.74) is 2.69. The molecule has 9 heteroatoms. The quantitative estimate of drug-likeness (QED) is 0.264. The Labute approximate surface area is 192 Å². The number of hydrogen-bond acceptors (Lipinski definition) is 5. The van der Waals surface area contributed by atoms with E-state index in [-0.39, 0.29) is 5.82 Å². The molecule has 3 aromatic carbocycles. The molecule has 32 heavy (non-hydrogen) atoms. The van der Waals surface area contributed by atoms with Crippen LogP contribution in [-0.2, 0) is 5.75 Å². The van der Waals surface area contributed by atoms with Crippen LogP contribution in [0.1, 0.15) is 5.82 Å². The Balaban J connectivity index is 1.51. The lowest BCUT2D eigenvalue weighted by molar-refractivity contribution is 0.627. The highest BCUT2D eigenvalue weighted by molar-refractivity contribution is 7.98. The maximum atomic E-state index is 13.4. The zero-order chi connectivity index (χ0) is 21.9. The fourth-order valence-corrected chi connectivity index (χ4v) is 4.49. The van der Waals surface area contributed by atoms with E-state index < -0.39 is 0 Å². The minimum absolute atomic E-state index is 0.302. The summed E-state index contributed by atoms with van der Waals surface area (Å²) in [5, 5.41) is 16.9. The second-order valence-electron chi connectivity index (χ2n) is 6.89. The average molecular weight is 461 g/mol. The number of nitrogens with one attached hydrogen (secondary N) is 1. The van der Waals surface area contributed by atoms with Crippen molar-refractivity contribution in [1.82, 2.24) is 29.5 Å². The molecule has 0 saturated carbocycles. The first-order valence-corrected chi connectivity index (χ1v) is 11.2. The third-order valence-corrected chi connectivity index (χ3v) is 6.04. The van der Waals surface area contributed by atoms with E-state index >= 15 is 0 Å². The van der Waals surface area contributed by atoms with Crippen molar-refractivity contribution in [1.29, 1.82) is 0 Å². The lowest BCUT2D eigenvalue weighted by Gasteiger charge is -2.11. The van der Waals surface area contributed by atoms with E-state index in [9.17, 15) is 4.39 Å². The summed E-state index contributed by atoms with van der Waals surface area (Å²) < 4.78 is 17.6. The highest BCUT2D eigenvalue weighted by atomic mass is 32.2. The molecule has 0 saturated heterocycles. The van der Waals surface area contributed by atoms with Crippen molar-refractivity contribution in [3.8, 4) is 22.8 Å². The lowest BCUT2D eigenvalue weighted by Crippen LogP contribution is -2.02. The number of para-hydroxylation sites is 1. The molecule has 6 nitrogen and oxygen atoms in total. The van der Waals surface area contributed by atoms with E-state index in [1.165, 1.54) is 23.9 Å². The summed E-state index contributed by atoms with van der Waals surface area (Å²) in [7, 11) is 0. The molecule has 0 atom stereocenters. The van der Waals surface area contributed by atoms with Crippen molar-refractivity contribution < 1.29 is 4.39 Å². The number of benzene rings is 3. The molecule has 5 rings (SSSR count). The van der Waals surface area contributed by atoms with Crippen LogP contribution in [0.3, 0.4) is 0 Å². The standard InChI is InChI=1S/C23H17FN6S2/c24-17-11-13-19(14-12-17)29-20(25-27-22(29)31)15-32-23-28-26-21(16-7-3-1-4-8-16)30(23)18-9-5-2-6-10-18/h1-14H,15H2,(H,27,31). The molecule has 2 heterocycles. The second kappa shape index (κ2) is 8.89. The monoisotopic (exact) mass is 460 g/mol. The Bertz CT molecular complexity index is 1390. The van der Waals surface area contributed by atoms with Crippen LogP contribution >= 0.6 is 24.0 Å². The van der Waals surface area contributed by atoms with Gasteiger partial charge in [0.25, 0.3) is 0 Å². The zero-order valence-corrected chi connectivity index (χ0v) is 18.4. The highest BCUT2D eigenvalue weighted by Crippen LogP contribution is 2.29. The first-order valence-electron chi connectivity index (χ1n) is 9.82. The van der Waals surface area contributed by atoms with E-state index in [0.29, 0.717) is 16.3 Å². The molecule has 0 aliphatic rings. The van der Waals surface area contributed by atoms with Gasteiger partial charge in [-0.3, -0.25) is 14.2 Å². The van der Waals surface area contributed by atoms with Gasteiger partial charge in [0.15, 0.2) is 15.8 Å². The SMILES string of the molecule is Fc1ccc(-n2c(CSc3nnc(-c4ccccc4)n3-c3ccccc3)n[nH]c2=S)cc1. The lowest BCUT2D eigenvalue weighted by atomic mass is 10.2. The molecule has 0 radical (unpaired) electrons. The Morgan fingerprint density at radius 3 is 2.19 bits per heavy atom. The molecule has 5 aromatic rings. The van der Waals surface area contributed by atoms with Crippen molar-refractivity contribution in [2.75, 3.05) is 0 Å². The third kappa shape index (κ3) is 4.00. The van der Waals surface area contributed by atoms with E-state index in [1.807, 2.05) is 65.2 Å². The van der Waals surface area contributed by atoms with Gasteiger partial charge in [0.05, 0.1) is 5.75 Å². The van der Waals surface area contributed by atoms with Gasteiger partial charge >= 0.3 is 0 Å². The molecular weight excluding hydrogens is 443 g/mol. The first kappa shape index (κ1) is 20.3. The Hall–Kier alpha value is -3.56. The van der Waals surface area contributed by atoms with E-state index in [1.54, 1.807) is 16.7 Å². The topological polar surface area (TPSA) is 64.3 Å². The molecular formula is C23H17FN6S2. The first-order chi connectivity index (χ1) is 15.7. The second-order valence-corrected chi connectivity index (χ2v) is 8.22. The molecule has 0 spiro atoms. The summed E-state index contributed by atoms with van der Waals surface area (Å²) in [6.07, 6.45) is 0. The Morgan fingerprint density at radius 1 is 0.812 bits per heavy atom. The van der Waals surface area contributed by atoms with Crippen LogP contribution in [0.5, 0.6) is 0 Å². The molecule has 2 aromatic heterocycles. The largest absolute Gasteiger partial charge is 0.271 e. The predicted molar refractivity (Wildman–Crippen MR) is 125 cm³/mol. The number of rotatable bonds is 6. The van der Waals surface area contributed by atoms with Gasteiger partial charge in [0.2, 0.25) is 0 Å². The predicted octanol–water partition coefficient (Wildman–Crippen LogP) is 5.61. The summed E-state index contributed by atoms with van der Waals surface area (Å²) in [4.78, 5) is 0. The number of aromatic nitrogens is 6. The van der Waals surface area contributed by atoms with Crippen molar-refractivity contribution in [2.45, 2.75) is 10.9 Å².